The van der Waals surface area contributed by atoms with Crippen molar-refractivity contribution in [3.63, 3.8) is 0 Å². The first kappa shape index (κ1) is 62.2. The number of hydrogen-bond donors (Lipinski definition) is 10. The number of nitrogens with one attached hydrogen (secondary N) is 1. The van der Waals surface area contributed by atoms with Gasteiger partial charge in [0.2, 0.25) is 0 Å². The lowest BCUT2D eigenvalue weighted by molar-refractivity contribution is -0.0632. The molecule has 0 aliphatic carbocycles. The number of imidazole rings is 1. The second-order valence-electron chi connectivity index (χ2n) is 18.5. The van der Waals surface area contributed by atoms with Crippen molar-refractivity contribution in [2.45, 2.75) is 106 Å². The summed E-state index contributed by atoms with van der Waals surface area (Å²) in [6, 6.07) is 2.42. The normalized spacial score (nSPS) is 29.0. The Labute approximate surface area is 463 Å². The third-order valence-corrected chi connectivity index (χ3v) is 16.8. The van der Waals surface area contributed by atoms with Crippen LogP contribution in [0.2, 0.25) is 0 Å². The predicted molar refractivity (Wildman–Crippen MR) is 270 cm³/mol. The summed E-state index contributed by atoms with van der Waals surface area (Å²) >= 11 is 0. The van der Waals surface area contributed by atoms with Crippen LogP contribution in [0.4, 0.5) is 17.5 Å². The number of aromatic amines is 1. The van der Waals surface area contributed by atoms with Gasteiger partial charge >= 0.3 is 56.6 Å². The number of phosphoric acid groups is 4. The van der Waals surface area contributed by atoms with Crippen molar-refractivity contribution in [3.8, 4) is 0 Å². The van der Waals surface area contributed by atoms with Crippen LogP contribution in [0.5, 0.6) is 0 Å². The Morgan fingerprint density at radius 2 is 1.05 bits per heavy atom. The van der Waals surface area contributed by atoms with E-state index < -0.39 is 182 Å². The van der Waals surface area contributed by atoms with Gasteiger partial charge in [-0.15, -0.1) is 9.42 Å². The van der Waals surface area contributed by atoms with Crippen LogP contribution >= 0.6 is 39.5 Å². The molecule has 4 saturated heterocycles. The molecule has 0 saturated carbocycles. The molecule has 0 spiro atoms. The van der Waals surface area contributed by atoms with E-state index in [1.54, 1.807) is 0 Å². The molecule has 454 valence electrons. The minimum Gasteiger partial charge on any atom is -0.383 e. The van der Waals surface area contributed by atoms with Gasteiger partial charge in [0.1, 0.15) is 104 Å². The van der Waals surface area contributed by atoms with Crippen LogP contribution < -0.4 is 39.8 Å². The minimum absolute atomic E-state index is 0.0265. The maximum absolute atomic E-state index is 13.9. The van der Waals surface area contributed by atoms with Crippen LogP contribution in [0.25, 0.3) is 11.2 Å². The van der Waals surface area contributed by atoms with Gasteiger partial charge < -0.3 is 60.6 Å². The fraction of sp³-hybridized carbons (Fsp3) is 0.553. The van der Waals surface area contributed by atoms with Gasteiger partial charge in [-0.05, 0) is 19.1 Å². The van der Waals surface area contributed by atoms with E-state index in [2.05, 4.69) is 24.9 Å². The van der Waals surface area contributed by atoms with Crippen molar-refractivity contribution in [2.75, 3.05) is 43.6 Å². The molecule has 4 aliphatic heterocycles. The Kier molecular flexibility index (Phi) is 18.7. The molecule has 5 aromatic heterocycles. The van der Waals surface area contributed by atoms with Gasteiger partial charge in [-0.25, -0.2) is 47.6 Å². The Balaban J connectivity index is 0.891. The zero-order chi connectivity index (χ0) is 59.9. The monoisotopic (exact) mass is 1280 g/mol. The number of ether oxygens (including phenoxy) is 4. The van der Waals surface area contributed by atoms with Gasteiger partial charge in [-0.1, -0.05) is 0 Å². The quantitative estimate of drug-likeness (QED) is 0.0323. The summed E-state index contributed by atoms with van der Waals surface area (Å²) in [5.74, 6) is -0.363. The van der Waals surface area contributed by atoms with E-state index in [4.69, 9.17) is 72.3 Å². The average Bonchev–Trinajstić information content (AvgIpc) is 4.46. The summed E-state index contributed by atoms with van der Waals surface area (Å²) in [5, 5.41) is 0. The number of anilines is 3. The number of nitrogens with two attached hydrogens (primary N) is 3. The molecule has 9 rings (SSSR count). The van der Waals surface area contributed by atoms with Gasteiger partial charge in [-0.2, -0.15) is 9.97 Å². The SMILES string of the molecule is Cc1cn([C@H]2C[C@H](OP(=O)(O)O)[C@@H](COP(=O)(O)O[C@H]3C[C@H](n4ccc(N)nc4=O)O[C@@H]3COP(=O)(O)O[C@H]3C[C@H](n4ccc(N)nc4=O)O[C@@H]3COP(=O)(O)O[C@H]3C[C@H](n4cnc5c(N)ncnc54)O[C@@H]3CO[P+](=O)O)O2)c(=O)[nH]c1=O. The van der Waals surface area contributed by atoms with Crippen LogP contribution in [0.15, 0.2) is 62.6 Å². The van der Waals surface area contributed by atoms with Crippen molar-refractivity contribution in [1.29, 1.82) is 0 Å². The van der Waals surface area contributed by atoms with Gasteiger partial charge in [0.25, 0.3) is 5.56 Å². The summed E-state index contributed by atoms with van der Waals surface area (Å²) in [4.78, 5) is 134. The maximum Gasteiger partial charge on any atom is 0.694 e. The highest BCUT2D eigenvalue weighted by Gasteiger charge is 2.49. The lowest BCUT2D eigenvalue weighted by atomic mass is 10.2. The number of nitrogen functional groups attached to an aromatic ring is 3. The number of rotatable bonds is 24. The molecule has 45 heteroatoms. The van der Waals surface area contributed by atoms with E-state index in [0.717, 1.165) is 38.6 Å². The van der Waals surface area contributed by atoms with Crippen LogP contribution in [0.1, 0.15) is 56.2 Å². The number of hydrogen-bond acceptors (Lipinski definition) is 29. The van der Waals surface area contributed by atoms with E-state index >= 15 is 0 Å². The van der Waals surface area contributed by atoms with Gasteiger partial charge in [0.05, 0.1) is 26.1 Å². The lowest BCUT2D eigenvalue weighted by Crippen LogP contribution is -2.33. The van der Waals surface area contributed by atoms with Gasteiger partial charge in [-0.3, -0.25) is 59.7 Å². The molecule has 13 N–H and O–H groups in total. The van der Waals surface area contributed by atoms with E-state index in [0.29, 0.717) is 0 Å². The smallest absolute Gasteiger partial charge is 0.383 e. The maximum atomic E-state index is 13.9. The third kappa shape index (κ3) is 15.4. The Hall–Kier alpha value is -5.31. The Morgan fingerprint density at radius 3 is 1.48 bits per heavy atom. The van der Waals surface area contributed by atoms with Crippen LogP contribution in [-0.4, -0.2) is 153 Å². The van der Waals surface area contributed by atoms with Crippen molar-refractivity contribution < 1.29 is 107 Å². The first-order chi connectivity index (χ1) is 39.0. The van der Waals surface area contributed by atoms with E-state index in [1.807, 2.05) is 4.98 Å². The second kappa shape index (κ2) is 25.0. The molecule has 5 aromatic rings. The fourth-order valence-electron chi connectivity index (χ4n) is 9.12. The van der Waals surface area contributed by atoms with Crippen molar-refractivity contribution in [3.05, 3.63) is 90.7 Å². The highest BCUT2D eigenvalue weighted by atomic mass is 31.2. The number of phosphoric ester groups is 4. The molecule has 4 aliphatic rings. The number of aryl methyl sites for hydroxylation is 1. The summed E-state index contributed by atoms with van der Waals surface area (Å²) in [6.07, 6.45) is -13.6. The fourth-order valence-corrected chi connectivity index (χ4v) is 12.9. The number of aromatic nitrogens is 10. The Bertz CT molecular complexity index is 3680. The van der Waals surface area contributed by atoms with Gasteiger partial charge in [0, 0.05) is 54.4 Å². The summed E-state index contributed by atoms with van der Waals surface area (Å²) < 4.78 is 134. The van der Waals surface area contributed by atoms with Gasteiger partial charge in [0.15, 0.2) is 11.5 Å². The molecule has 0 bridgehead atoms. The molecule has 83 heavy (non-hydrogen) atoms. The second-order valence-corrected chi connectivity index (χ2v) is 24.6. The zero-order valence-corrected chi connectivity index (χ0v) is 46.8. The molecule has 40 nitrogen and oxygen atoms in total. The minimum atomic E-state index is -5.47. The van der Waals surface area contributed by atoms with Crippen LogP contribution in [-0.2, 0) is 78.0 Å². The topological polar surface area (TPSA) is 564 Å². The lowest BCUT2D eigenvalue weighted by Gasteiger charge is -2.25. The molecule has 16 atom stereocenters. The Morgan fingerprint density at radius 1 is 0.627 bits per heavy atom. The van der Waals surface area contributed by atoms with E-state index in [-0.39, 0.29) is 40.6 Å². The van der Waals surface area contributed by atoms with E-state index in [1.165, 1.54) is 30.0 Å². The number of nitrogens with zero attached hydrogens (tertiary/aromatic N) is 9. The molecule has 0 aromatic carbocycles. The summed E-state index contributed by atoms with van der Waals surface area (Å²) in [5.41, 5.74) is 14.0. The number of fused-ring (bicyclic) bond motifs is 1. The predicted octanol–water partition coefficient (Wildman–Crippen LogP) is -1.25. The largest absolute Gasteiger partial charge is 0.694 e. The van der Waals surface area contributed by atoms with Crippen molar-refractivity contribution >= 4 is 68.2 Å². The van der Waals surface area contributed by atoms with Crippen LogP contribution in [0, 0.1) is 6.92 Å². The third-order valence-electron chi connectivity index (χ3n) is 12.8. The molecule has 4 unspecified atom stereocenters. The molecular formula is C38H51N13O27P5+. The standard InChI is InChI=1S/C38H50N13O27P5/c1-17-10-50(38(55)47-35(17)52)30-6-18(75-80(58,59)60)23(74-30)12-68-82(63,64)77-20-7-28(48-4-2-26(39)45-36(48)53)73-25(20)14-70-83(65,66)78-21-8-29(49-5-3-27(40)46-37(49)54)72-24(21)13-69-81(61,62)76-19-9-31(71-22(19)11-67-79(56)57)51-16-44-32-33(41)42-15-43-34(32)51/h2-5,10,15-16,18-25,28-31H,6-9,11-14H2,1H3,(H12-,39,40,41,42,43,45,46,47,52,53,54,55,56,57,58,59,60,61,62,63,64,65,66)/p+1/t18-,19-,20-,21-,22+,23+,24+,25+,28+,29+,30+,31+/m0/s1. The number of H-pyrrole nitrogens is 1. The van der Waals surface area contributed by atoms with Crippen LogP contribution in [0.3, 0.4) is 0 Å². The van der Waals surface area contributed by atoms with Crippen molar-refractivity contribution in [2.24, 2.45) is 0 Å². The highest BCUT2D eigenvalue weighted by molar-refractivity contribution is 7.48. The molecule has 0 radical (unpaired) electrons. The molecular weight excluding hydrogens is 1230 g/mol. The molecule has 0 amide bonds. The van der Waals surface area contributed by atoms with E-state index in [9.17, 15) is 71.4 Å². The van der Waals surface area contributed by atoms with Crippen molar-refractivity contribution in [1.82, 2.24) is 48.2 Å². The highest BCUT2D eigenvalue weighted by Crippen LogP contribution is 2.54. The summed E-state index contributed by atoms with van der Waals surface area (Å²) in [7, 11) is -24.6. The zero-order valence-electron chi connectivity index (χ0n) is 42.4. The average molecular weight is 1280 g/mol. The summed E-state index contributed by atoms with van der Waals surface area (Å²) in [6.45, 7) is -2.33. The molecule has 9 heterocycles. The first-order valence-corrected chi connectivity index (χ1v) is 31.2. The first-order valence-electron chi connectivity index (χ1n) is 24.1. The molecule has 4 fully saturated rings.